The van der Waals surface area contributed by atoms with E-state index in [1.165, 1.54) is 0 Å². The van der Waals surface area contributed by atoms with E-state index in [-0.39, 0.29) is 17.6 Å². The Balaban J connectivity index is 2.84. The molecule has 0 amide bonds. The maximum Gasteiger partial charge on any atom is 0.161 e. The lowest BCUT2D eigenvalue weighted by molar-refractivity contribution is 0.365. The van der Waals surface area contributed by atoms with E-state index >= 15 is 0 Å². The van der Waals surface area contributed by atoms with Crippen molar-refractivity contribution in [3.05, 3.63) is 23.8 Å². The number of hydrogen-bond donors (Lipinski definition) is 3. The molecule has 17 heavy (non-hydrogen) atoms. The number of methoxy groups -OCH3 is 1. The van der Waals surface area contributed by atoms with Gasteiger partial charge in [0.1, 0.15) is 0 Å². The first kappa shape index (κ1) is 13.8. The summed E-state index contributed by atoms with van der Waals surface area (Å²) < 4.78 is 5.09. The van der Waals surface area contributed by atoms with Gasteiger partial charge >= 0.3 is 0 Å². The minimum absolute atomic E-state index is 0.210. The Morgan fingerprint density at radius 3 is 2.47 bits per heavy atom. The van der Waals surface area contributed by atoms with E-state index in [0.717, 1.165) is 12.0 Å². The van der Waals surface area contributed by atoms with E-state index in [4.69, 9.17) is 16.2 Å². The first-order chi connectivity index (χ1) is 8.13. The van der Waals surface area contributed by atoms with Crippen LogP contribution in [0.3, 0.4) is 0 Å². The van der Waals surface area contributed by atoms with Gasteiger partial charge in [0.2, 0.25) is 0 Å². The number of para-hydroxylation sites is 1. The zero-order valence-corrected chi connectivity index (χ0v) is 10.5. The molecule has 0 saturated heterocycles. The maximum atomic E-state index is 10.0. The van der Waals surface area contributed by atoms with Gasteiger partial charge in [-0.3, -0.25) is 0 Å². The molecule has 0 aliphatic carbocycles. The second kappa shape index (κ2) is 6.47. The predicted molar refractivity (Wildman–Crippen MR) is 69.3 cm³/mol. The monoisotopic (exact) mass is 238 g/mol. The van der Waals surface area contributed by atoms with Crippen LogP contribution in [0.2, 0.25) is 0 Å². The third kappa shape index (κ3) is 3.35. The molecule has 0 bridgehead atoms. The normalized spacial score (nSPS) is 12.8. The molecule has 1 aromatic rings. The molecule has 4 heteroatoms. The maximum absolute atomic E-state index is 10.0. The first-order valence-electron chi connectivity index (χ1n) is 5.90. The van der Waals surface area contributed by atoms with Crippen LogP contribution >= 0.6 is 0 Å². The molecular formula is C13H22N2O2. The number of aromatic hydroxyl groups is 1. The lowest BCUT2D eigenvalue weighted by Crippen LogP contribution is -2.24. The Bertz CT molecular complexity index is 351. The van der Waals surface area contributed by atoms with Gasteiger partial charge in [-0.1, -0.05) is 19.1 Å². The van der Waals surface area contributed by atoms with Gasteiger partial charge in [0.05, 0.1) is 7.11 Å². The minimum Gasteiger partial charge on any atom is -0.504 e. The lowest BCUT2D eigenvalue weighted by atomic mass is 9.89. The van der Waals surface area contributed by atoms with Crippen molar-refractivity contribution in [3.8, 4) is 11.5 Å². The Hall–Kier alpha value is -1.26. The van der Waals surface area contributed by atoms with Crippen LogP contribution in [0.5, 0.6) is 11.5 Å². The molecule has 1 atom stereocenters. The van der Waals surface area contributed by atoms with Gasteiger partial charge in [-0.2, -0.15) is 0 Å². The van der Waals surface area contributed by atoms with Crippen LogP contribution in [0.25, 0.3) is 0 Å². The molecule has 0 heterocycles. The van der Waals surface area contributed by atoms with Gasteiger partial charge in [0.15, 0.2) is 11.5 Å². The van der Waals surface area contributed by atoms with Gasteiger partial charge in [-0.05, 0) is 37.4 Å². The highest BCUT2D eigenvalue weighted by atomic mass is 16.5. The second-order valence-electron chi connectivity index (χ2n) is 4.37. The highest BCUT2D eigenvalue weighted by Gasteiger charge is 2.17. The minimum atomic E-state index is 0.210. The largest absolute Gasteiger partial charge is 0.504 e. The van der Waals surface area contributed by atoms with Crippen molar-refractivity contribution >= 4 is 0 Å². The summed E-state index contributed by atoms with van der Waals surface area (Å²) in [6.07, 6.45) is 0.869. The summed E-state index contributed by atoms with van der Waals surface area (Å²) in [5, 5.41) is 10.0. The molecule has 5 N–H and O–H groups in total. The van der Waals surface area contributed by atoms with Crippen LogP contribution in [-0.4, -0.2) is 25.3 Å². The first-order valence-corrected chi connectivity index (χ1v) is 5.90. The van der Waals surface area contributed by atoms with Crippen molar-refractivity contribution in [2.24, 2.45) is 17.4 Å². The van der Waals surface area contributed by atoms with Crippen molar-refractivity contribution in [3.63, 3.8) is 0 Å². The van der Waals surface area contributed by atoms with E-state index in [1.54, 1.807) is 13.2 Å². The fourth-order valence-corrected chi connectivity index (χ4v) is 2.02. The molecule has 0 spiro atoms. The zero-order chi connectivity index (χ0) is 12.8. The molecule has 1 aromatic carbocycles. The quantitative estimate of drug-likeness (QED) is 0.700. The molecule has 4 nitrogen and oxygen atoms in total. The summed E-state index contributed by atoms with van der Waals surface area (Å²) in [6, 6.07) is 5.53. The number of nitrogens with two attached hydrogens (primary N) is 2. The number of phenolic OH excluding ortho intramolecular Hbond substituents is 1. The van der Waals surface area contributed by atoms with E-state index in [2.05, 4.69) is 6.92 Å². The molecule has 0 aliphatic heterocycles. The molecule has 0 fully saturated rings. The number of ether oxygens (including phenoxy) is 1. The van der Waals surface area contributed by atoms with Gasteiger partial charge in [0.25, 0.3) is 0 Å². The zero-order valence-electron chi connectivity index (χ0n) is 10.5. The van der Waals surface area contributed by atoms with Crippen LogP contribution in [0.4, 0.5) is 0 Å². The molecule has 96 valence electrons. The summed E-state index contributed by atoms with van der Waals surface area (Å²) >= 11 is 0. The molecule has 0 radical (unpaired) electrons. The number of rotatable bonds is 6. The van der Waals surface area contributed by atoms with Crippen LogP contribution in [0, 0.1) is 5.92 Å². The average molecular weight is 238 g/mol. The van der Waals surface area contributed by atoms with Gasteiger partial charge in [0, 0.05) is 5.56 Å². The van der Waals surface area contributed by atoms with Gasteiger partial charge < -0.3 is 21.3 Å². The van der Waals surface area contributed by atoms with E-state index in [0.29, 0.717) is 18.8 Å². The Morgan fingerprint density at radius 1 is 1.29 bits per heavy atom. The third-order valence-corrected chi connectivity index (χ3v) is 3.13. The van der Waals surface area contributed by atoms with E-state index < -0.39 is 0 Å². The number of benzene rings is 1. The van der Waals surface area contributed by atoms with Crippen LogP contribution in [0.1, 0.15) is 24.8 Å². The Morgan fingerprint density at radius 2 is 1.94 bits per heavy atom. The highest BCUT2D eigenvalue weighted by molar-refractivity contribution is 5.46. The summed E-state index contributed by atoms with van der Waals surface area (Å²) in [5.41, 5.74) is 12.2. The average Bonchev–Trinajstić information content (AvgIpc) is 2.35. The summed E-state index contributed by atoms with van der Waals surface area (Å²) in [4.78, 5) is 0. The van der Waals surface area contributed by atoms with Crippen molar-refractivity contribution in [1.82, 2.24) is 0 Å². The summed E-state index contributed by atoms with van der Waals surface area (Å²) in [7, 11) is 1.55. The summed E-state index contributed by atoms with van der Waals surface area (Å²) in [5.74, 6) is 1.22. The molecule has 0 aromatic heterocycles. The van der Waals surface area contributed by atoms with Crippen molar-refractivity contribution in [2.75, 3.05) is 20.2 Å². The fraction of sp³-hybridized carbons (Fsp3) is 0.538. The van der Waals surface area contributed by atoms with Gasteiger partial charge in [-0.25, -0.2) is 0 Å². The topological polar surface area (TPSA) is 81.5 Å². The number of phenols is 1. The molecule has 1 unspecified atom stereocenters. The molecule has 1 rings (SSSR count). The highest BCUT2D eigenvalue weighted by Crippen LogP contribution is 2.36. The van der Waals surface area contributed by atoms with Crippen molar-refractivity contribution in [1.29, 1.82) is 0 Å². The fourth-order valence-electron chi connectivity index (χ4n) is 2.02. The predicted octanol–water partition coefficient (Wildman–Crippen LogP) is 1.43. The van der Waals surface area contributed by atoms with Crippen LogP contribution < -0.4 is 16.2 Å². The van der Waals surface area contributed by atoms with E-state index in [1.807, 2.05) is 12.1 Å². The summed E-state index contributed by atoms with van der Waals surface area (Å²) in [6.45, 7) is 3.21. The SMILES string of the molecule is COc1cccc(C(C)CC(CN)CN)c1O. The number of hydrogen-bond acceptors (Lipinski definition) is 4. The van der Waals surface area contributed by atoms with E-state index in [9.17, 15) is 5.11 Å². The van der Waals surface area contributed by atoms with Crippen molar-refractivity contribution in [2.45, 2.75) is 19.3 Å². The standard InChI is InChI=1S/C13H22N2O2/c1-9(6-10(7-14)8-15)11-4-3-5-12(17-2)13(11)16/h3-5,9-10,16H,6-8,14-15H2,1-2H3. The Labute approximate surface area is 103 Å². The molecule has 0 aliphatic rings. The third-order valence-electron chi connectivity index (χ3n) is 3.13. The van der Waals surface area contributed by atoms with Crippen LogP contribution in [-0.2, 0) is 0 Å². The second-order valence-corrected chi connectivity index (χ2v) is 4.37. The lowest BCUT2D eigenvalue weighted by Gasteiger charge is -2.20. The van der Waals surface area contributed by atoms with Gasteiger partial charge in [-0.15, -0.1) is 0 Å². The molecular weight excluding hydrogens is 216 g/mol. The Kier molecular flexibility index (Phi) is 5.25. The molecule has 0 saturated carbocycles. The smallest absolute Gasteiger partial charge is 0.161 e. The van der Waals surface area contributed by atoms with Crippen molar-refractivity contribution < 1.29 is 9.84 Å². The van der Waals surface area contributed by atoms with Crippen LogP contribution in [0.15, 0.2) is 18.2 Å².